The molecular formula is C7H14P2. The molecule has 0 aromatic carbocycles. The minimum Gasteiger partial charge on any atom is -0.134 e. The smallest absolute Gasteiger partial charge is 0.00848 e. The maximum absolute atomic E-state index is 3.07. The van der Waals surface area contributed by atoms with Crippen molar-refractivity contribution in [2.75, 3.05) is 0 Å². The van der Waals surface area contributed by atoms with Gasteiger partial charge in [-0.2, -0.15) is 0 Å². The molecule has 2 heteroatoms. The lowest BCUT2D eigenvalue weighted by Crippen LogP contribution is -2.24. The quantitative estimate of drug-likeness (QED) is 0.476. The number of hydrogen-bond acceptors (Lipinski definition) is 0. The summed E-state index contributed by atoms with van der Waals surface area (Å²) in [5, 5.41) is 0.648. The Morgan fingerprint density at radius 3 is 2.44 bits per heavy atom. The van der Waals surface area contributed by atoms with Crippen molar-refractivity contribution in [1.29, 1.82) is 0 Å². The van der Waals surface area contributed by atoms with Gasteiger partial charge in [-0.15, -0.1) is 18.5 Å². The maximum Gasteiger partial charge on any atom is -0.00848 e. The Hall–Kier alpha value is 0.860. The minimum atomic E-state index is 0.648. The molecule has 2 rings (SSSR count). The van der Waals surface area contributed by atoms with Crippen molar-refractivity contribution < 1.29 is 0 Å². The molecule has 2 aliphatic rings. The summed E-state index contributed by atoms with van der Waals surface area (Å²) in [5.74, 6) is 1.07. The zero-order valence-electron chi connectivity index (χ0n) is 5.64. The molecule has 0 aromatic rings. The van der Waals surface area contributed by atoms with E-state index in [1.807, 2.05) is 0 Å². The first-order chi connectivity index (χ1) is 4.21. The SMILES string of the molecule is PC1CC2CCC1(P)C2. The van der Waals surface area contributed by atoms with Crippen LogP contribution in [0.1, 0.15) is 25.7 Å². The van der Waals surface area contributed by atoms with Gasteiger partial charge < -0.3 is 0 Å². The van der Waals surface area contributed by atoms with E-state index in [0.717, 1.165) is 11.6 Å². The summed E-state index contributed by atoms with van der Waals surface area (Å²) in [6, 6.07) is 0. The number of fused-ring (bicyclic) bond motifs is 2. The van der Waals surface area contributed by atoms with E-state index in [0.29, 0.717) is 5.16 Å². The number of rotatable bonds is 0. The van der Waals surface area contributed by atoms with E-state index >= 15 is 0 Å². The third-order valence-corrected chi connectivity index (χ3v) is 5.29. The Morgan fingerprint density at radius 2 is 2.22 bits per heavy atom. The average Bonchev–Trinajstić information content (AvgIpc) is 2.22. The van der Waals surface area contributed by atoms with Crippen LogP contribution in [0.15, 0.2) is 0 Å². The molecule has 0 aromatic heterocycles. The van der Waals surface area contributed by atoms with Gasteiger partial charge in [-0.05, 0) is 42.4 Å². The Morgan fingerprint density at radius 1 is 1.44 bits per heavy atom. The molecule has 0 aliphatic heterocycles. The fraction of sp³-hybridized carbons (Fsp3) is 1.00. The predicted octanol–water partition coefficient (Wildman–Crippen LogP) is 2.05. The molecule has 0 saturated heterocycles. The highest BCUT2D eigenvalue weighted by Crippen LogP contribution is 2.55. The summed E-state index contributed by atoms with van der Waals surface area (Å²) in [4.78, 5) is 0. The summed E-state index contributed by atoms with van der Waals surface area (Å²) in [5.41, 5.74) is 0.904. The van der Waals surface area contributed by atoms with Gasteiger partial charge in [0.05, 0.1) is 0 Å². The van der Waals surface area contributed by atoms with Crippen LogP contribution in [0.25, 0.3) is 0 Å². The molecule has 0 amide bonds. The largest absolute Gasteiger partial charge is 0.134 e. The topological polar surface area (TPSA) is 0 Å². The zero-order valence-corrected chi connectivity index (χ0v) is 7.95. The first-order valence-electron chi connectivity index (χ1n) is 3.75. The molecule has 2 bridgehead atoms. The highest BCUT2D eigenvalue weighted by molar-refractivity contribution is 7.24. The molecule has 0 N–H and O–H groups in total. The summed E-state index contributed by atoms with van der Waals surface area (Å²) in [6.07, 6.45) is 5.89. The van der Waals surface area contributed by atoms with Crippen molar-refractivity contribution in [2.24, 2.45) is 5.92 Å². The van der Waals surface area contributed by atoms with Crippen LogP contribution in [-0.4, -0.2) is 10.8 Å². The first-order valence-corrected chi connectivity index (χ1v) is 4.99. The van der Waals surface area contributed by atoms with Crippen LogP contribution in [0, 0.1) is 5.92 Å². The van der Waals surface area contributed by atoms with E-state index < -0.39 is 0 Å². The highest BCUT2D eigenvalue weighted by atomic mass is 31.0. The van der Waals surface area contributed by atoms with Crippen LogP contribution in [-0.2, 0) is 0 Å². The molecular weight excluding hydrogens is 146 g/mol. The molecule has 9 heavy (non-hydrogen) atoms. The minimum absolute atomic E-state index is 0.648. The van der Waals surface area contributed by atoms with Gasteiger partial charge in [0.15, 0.2) is 0 Å². The Balaban J connectivity index is 2.22. The fourth-order valence-corrected chi connectivity index (χ4v) is 3.67. The van der Waals surface area contributed by atoms with Crippen LogP contribution in [0.3, 0.4) is 0 Å². The summed E-state index contributed by atoms with van der Waals surface area (Å²) >= 11 is 0. The Labute approximate surface area is 61.6 Å². The van der Waals surface area contributed by atoms with E-state index in [1.54, 1.807) is 0 Å². The van der Waals surface area contributed by atoms with Gasteiger partial charge in [-0.1, -0.05) is 0 Å². The monoisotopic (exact) mass is 160 g/mol. The highest BCUT2D eigenvalue weighted by Gasteiger charge is 2.46. The van der Waals surface area contributed by atoms with Crippen molar-refractivity contribution in [3.63, 3.8) is 0 Å². The second-order valence-corrected chi connectivity index (χ2v) is 5.64. The zero-order chi connectivity index (χ0) is 6.48. The van der Waals surface area contributed by atoms with Gasteiger partial charge >= 0.3 is 0 Å². The lowest BCUT2D eigenvalue weighted by atomic mass is 9.99. The molecule has 0 heterocycles. The normalized spacial score (nSPS) is 56.7. The molecule has 2 aliphatic carbocycles. The third-order valence-electron chi connectivity index (χ3n) is 3.01. The van der Waals surface area contributed by atoms with E-state index in [1.165, 1.54) is 25.7 Å². The Kier molecular flexibility index (Phi) is 1.40. The van der Waals surface area contributed by atoms with Crippen molar-refractivity contribution in [3.05, 3.63) is 0 Å². The van der Waals surface area contributed by atoms with E-state index in [2.05, 4.69) is 18.5 Å². The van der Waals surface area contributed by atoms with E-state index in [9.17, 15) is 0 Å². The van der Waals surface area contributed by atoms with Gasteiger partial charge in [-0.25, -0.2) is 0 Å². The van der Waals surface area contributed by atoms with Crippen molar-refractivity contribution in [1.82, 2.24) is 0 Å². The Bertz CT molecular complexity index is 135. The predicted molar refractivity (Wildman–Crippen MR) is 47.9 cm³/mol. The van der Waals surface area contributed by atoms with Gasteiger partial charge in [0.1, 0.15) is 0 Å². The second kappa shape index (κ2) is 1.93. The molecule has 5 unspecified atom stereocenters. The van der Waals surface area contributed by atoms with E-state index in [4.69, 9.17) is 0 Å². The molecule has 5 atom stereocenters. The standard InChI is InChI=1S/C7H14P2/c8-6-3-5-1-2-7(6,9)4-5/h5-6H,1-4,8-9H2. The van der Waals surface area contributed by atoms with Crippen LogP contribution in [0.2, 0.25) is 0 Å². The molecule has 0 radical (unpaired) electrons. The van der Waals surface area contributed by atoms with Gasteiger partial charge in [-0.3, -0.25) is 0 Å². The second-order valence-electron chi connectivity index (χ2n) is 3.68. The fourth-order valence-electron chi connectivity index (χ4n) is 2.35. The summed E-state index contributed by atoms with van der Waals surface area (Å²) in [7, 11) is 6.06. The molecule has 2 saturated carbocycles. The maximum atomic E-state index is 3.07. The van der Waals surface area contributed by atoms with Crippen molar-refractivity contribution >= 4 is 18.5 Å². The van der Waals surface area contributed by atoms with Crippen molar-refractivity contribution in [2.45, 2.75) is 36.5 Å². The lowest BCUT2D eigenvalue weighted by Gasteiger charge is -2.27. The average molecular weight is 160 g/mol. The van der Waals surface area contributed by atoms with Crippen LogP contribution in [0.4, 0.5) is 0 Å². The lowest BCUT2D eigenvalue weighted by molar-refractivity contribution is 0.509. The van der Waals surface area contributed by atoms with E-state index in [-0.39, 0.29) is 0 Å². The molecule has 0 nitrogen and oxygen atoms in total. The number of hydrogen-bond donors (Lipinski definition) is 0. The molecule has 0 spiro atoms. The third kappa shape index (κ3) is 0.873. The summed E-state index contributed by atoms with van der Waals surface area (Å²) in [6.45, 7) is 0. The van der Waals surface area contributed by atoms with Crippen LogP contribution < -0.4 is 0 Å². The van der Waals surface area contributed by atoms with Crippen LogP contribution >= 0.6 is 18.5 Å². The van der Waals surface area contributed by atoms with Crippen LogP contribution in [0.5, 0.6) is 0 Å². The van der Waals surface area contributed by atoms with Crippen molar-refractivity contribution in [3.8, 4) is 0 Å². The molecule has 2 fully saturated rings. The first kappa shape index (κ1) is 6.56. The summed E-state index contributed by atoms with van der Waals surface area (Å²) < 4.78 is 0. The van der Waals surface area contributed by atoms with Gasteiger partial charge in [0.25, 0.3) is 0 Å². The van der Waals surface area contributed by atoms with Gasteiger partial charge in [0.2, 0.25) is 0 Å². The van der Waals surface area contributed by atoms with Gasteiger partial charge in [0, 0.05) is 0 Å². The molecule has 52 valence electrons.